The predicted octanol–water partition coefficient (Wildman–Crippen LogP) is -0.0968. The van der Waals surface area contributed by atoms with E-state index in [0.29, 0.717) is 0 Å². The number of amides is 1. The molecule has 0 fully saturated rings. The van der Waals surface area contributed by atoms with Crippen LogP contribution in [0.25, 0.3) is 0 Å². The first-order valence-corrected chi connectivity index (χ1v) is 4.41. The van der Waals surface area contributed by atoms with Crippen LogP contribution in [0.15, 0.2) is 12.3 Å². The first-order chi connectivity index (χ1) is 7.11. The van der Waals surface area contributed by atoms with Crippen molar-refractivity contribution in [2.45, 2.75) is 6.04 Å². The third-order valence-electron chi connectivity index (χ3n) is 2.24. The van der Waals surface area contributed by atoms with E-state index >= 15 is 0 Å². The number of ether oxygens (including phenoxy) is 1. The summed E-state index contributed by atoms with van der Waals surface area (Å²) >= 11 is 0. The molecule has 0 saturated heterocycles. The van der Waals surface area contributed by atoms with Crippen molar-refractivity contribution in [3.8, 4) is 5.75 Å². The third kappa shape index (κ3) is 1.52. The van der Waals surface area contributed by atoms with Gasteiger partial charge < -0.3 is 15.4 Å². The average Bonchev–Trinajstić information content (AvgIpc) is 2.32. The van der Waals surface area contributed by atoms with E-state index in [0.717, 1.165) is 4.90 Å². The van der Waals surface area contributed by atoms with Gasteiger partial charge in [-0.25, -0.2) is 4.98 Å². The first kappa shape index (κ1) is 9.85. The van der Waals surface area contributed by atoms with Crippen LogP contribution in [0.4, 0.5) is 10.1 Å². The minimum absolute atomic E-state index is 0.0375. The summed E-state index contributed by atoms with van der Waals surface area (Å²) in [5.74, 6) is -0.843. The minimum atomic E-state index is -0.776. The Morgan fingerprint density at radius 3 is 3.20 bits per heavy atom. The number of nitrogens with two attached hydrogens (primary N) is 1. The van der Waals surface area contributed by atoms with Crippen LogP contribution in [0.1, 0.15) is 0 Å². The van der Waals surface area contributed by atoms with Gasteiger partial charge in [0, 0.05) is 19.3 Å². The summed E-state index contributed by atoms with van der Waals surface area (Å²) in [6, 6.07) is 0.724. The lowest BCUT2D eigenvalue weighted by molar-refractivity contribution is -0.119. The molecule has 1 amide bonds. The van der Waals surface area contributed by atoms with Crippen molar-refractivity contribution in [1.29, 1.82) is 0 Å². The second-order valence-electron chi connectivity index (χ2n) is 3.26. The fourth-order valence-corrected chi connectivity index (χ4v) is 1.44. The van der Waals surface area contributed by atoms with E-state index in [1.165, 1.54) is 19.3 Å². The highest BCUT2D eigenvalue weighted by Gasteiger charge is 2.29. The van der Waals surface area contributed by atoms with E-state index in [4.69, 9.17) is 10.5 Å². The molecule has 0 radical (unpaired) electrons. The molecule has 2 rings (SSSR count). The van der Waals surface area contributed by atoms with Crippen LogP contribution >= 0.6 is 0 Å². The number of nitrogens with zero attached hydrogens (tertiary/aromatic N) is 2. The lowest BCUT2D eigenvalue weighted by Gasteiger charge is -2.17. The molecule has 1 aromatic heterocycles. The first-order valence-electron chi connectivity index (χ1n) is 4.41. The van der Waals surface area contributed by atoms with Gasteiger partial charge in [0.1, 0.15) is 24.1 Å². The van der Waals surface area contributed by atoms with Gasteiger partial charge in [-0.1, -0.05) is 0 Å². The number of aromatic nitrogens is 1. The van der Waals surface area contributed by atoms with Crippen molar-refractivity contribution < 1.29 is 13.9 Å². The van der Waals surface area contributed by atoms with Gasteiger partial charge in [0.05, 0.1) is 0 Å². The Kier molecular flexibility index (Phi) is 2.28. The fraction of sp³-hybridized carbons (Fsp3) is 0.333. The Morgan fingerprint density at radius 2 is 2.47 bits per heavy atom. The summed E-state index contributed by atoms with van der Waals surface area (Å²) in [6.07, 6.45) is 1.28. The molecule has 1 aliphatic rings. The molecule has 6 heteroatoms. The summed E-state index contributed by atoms with van der Waals surface area (Å²) in [4.78, 5) is 16.2. The SMILES string of the molecule is CN1C(=O)[C@@H](N)COc2ccnc(F)c21. The van der Waals surface area contributed by atoms with Crippen LogP contribution in [-0.4, -0.2) is 30.6 Å². The summed E-state index contributed by atoms with van der Waals surface area (Å²) in [7, 11) is 1.44. The Balaban J connectivity index is 2.53. The zero-order valence-electron chi connectivity index (χ0n) is 8.11. The number of hydrogen-bond acceptors (Lipinski definition) is 4. The third-order valence-corrected chi connectivity index (χ3v) is 2.24. The smallest absolute Gasteiger partial charge is 0.247 e. The van der Waals surface area contributed by atoms with E-state index in [2.05, 4.69) is 4.98 Å². The van der Waals surface area contributed by atoms with Crippen LogP contribution in [-0.2, 0) is 4.79 Å². The molecule has 5 nitrogen and oxygen atoms in total. The van der Waals surface area contributed by atoms with E-state index in [1.54, 1.807) is 0 Å². The van der Waals surface area contributed by atoms with Gasteiger partial charge in [0.15, 0.2) is 0 Å². The summed E-state index contributed by atoms with van der Waals surface area (Å²) in [5, 5.41) is 0. The maximum Gasteiger partial charge on any atom is 0.247 e. The van der Waals surface area contributed by atoms with Crippen molar-refractivity contribution in [2.75, 3.05) is 18.6 Å². The van der Waals surface area contributed by atoms with Crippen molar-refractivity contribution in [3.63, 3.8) is 0 Å². The van der Waals surface area contributed by atoms with E-state index in [-0.39, 0.29) is 24.0 Å². The van der Waals surface area contributed by atoms with Crippen molar-refractivity contribution >= 4 is 11.6 Å². The van der Waals surface area contributed by atoms with Crippen molar-refractivity contribution in [1.82, 2.24) is 4.98 Å². The largest absolute Gasteiger partial charge is 0.489 e. The molecule has 0 bridgehead atoms. The number of hydrogen-bond donors (Lipinski definition) is 1. The highest BCUT2D eigenvalue weighted by atomic mass is 19.1. The maximum atomic E-state index is 13.4. The number of rotatable bonds is 0. The molecular weight excluding hydrogens is 201 g/mol. The zero-order valence-corrected chi connectivity index (χ0v) is 8.11. The molecule has 1 atom stereocenters. The standard InChI is InChI=1S/C9H10FN3O2/c1-13-7-6(2-3-12-8(7)10)15-4-5(11)9(13)14/h2-3,5H,4,11H2,1H3/t5-/m0/s1. The molecule has 2 N–H and O–H groups in total. The normalized spacial score (nSPS) is 20.6. The van der Waals surface area contributed by atoms with Gasteiger partial charge in [-0.05, 0) is 0 Å². The molecule has 80 valence electrons. The molecule has 1 aromatic rings. The molecule has 0 spiro atoms. The van der Waals surface area contributed by atoms with Gasteiger partial charge in [-0.15, -0.1) is 0 Å². The van der Waals surface area contributed by atoms with E-state index in [9.17, 15) is 9.18 Å². The second-order valence-corrected chi connectivity index (χ2v) is 3.26. The number of anilines is 1. The van der Waals surface area contributed by atoms with Crippen LogP contribution in [0.2, 0.25) is 0 Å². The molecule has 1 aliphatic heterocycles. The summed E-state index contributed by atoms with van der Waals surface area (Å²) in [6.45, 7) is 0.0413. The molecule has 15 heavy (non-hydrogen) atoms. The van der Waals surface area contributed by atoms with Crippen molar-refractivity contribution in [2.24, 2.45) is 5.73 Å². The minimum Gasteiger partial charge on any atom is -0.489 e. The molecular formula is C9H10FN3O2. The van der Waals surface area contributed by atoms with E-state index < -0.39 is 12.0 Å². The number of likely N-dealkylation sites (N-methyl/N-ethyl adjacent to an activating group) is 1. The van der Waals surface area contributed by atoms with Gasteiger partial charge in [-0.2, -0.15) is 4.39 Å². The highest BCUT2D eigenvalue weighted by molar-refractivity contribution is 5.98. The maximum absolute atomic E-state index is 13.4. The van der Waals surface area contributed by atoms with E-state index in [1.807, 2.05) is 0 Å². The van der Waals surface area contributed by atoms with Gasteiger partial charge >= 0.3 is 0 Å². The zero-order chi connectivity index (χ0) is 11.0. The predicted molar refractivity (Wildman–Crippen MR) is 51.1 cm³/mol. The molecule has 0 aliphatic carbocycles. The summed E-state index contributed by atoms with van der Waals surface area (Å²) < 4.78 is 18.6. The molecule has 0 aromatic carbocycles. The van der Waals surface area contributed by atoms with Crippen LogP contribution in [0.3, 0.4) is 0 Å². The summed E-state index contributed by atoms with van der Waals surface area (Å²) in [5.41, 5.74) is 5.58. The number of fused-ring (bicyclic) bond motifs is 1. The number of pyridine rings is 1. The fourth-order valence-electron chi connectivity index (χ4n) is 1.44. The molecule has 2 heterocycles. The molecule has 0 unspecified atom stereocenters. The molecule has 0 saturated carbocycles. The Hall–Kier alpha value is -1.69. The lowest BCUT2D eigenvalue weighted by atomic mass is 10.3. The van der Waals surface area contributed by atoms with Gasteiger partial charge in [0.25, 0.3) is 0 Å². The Bertz CT molecular complexity index is 410. The average molecular weight is 211 g/mol. The second kappa shape index (κ2) is 3.47. The quantitative estimate of drug-likeness (QED) is 0.608. The number of halogens is 1. The Labute approximate surface area is 85.6 Å². The van der Waals surface area contributed by atoms with Crippen molar-refractivity contribution in [3.05, 3.63) is 18.2 Å². The number of carbonyl (C=O) groups excluding carboxylic acids is 1. The Morgan fingerprint density at radius 1 is 1.73 bits per heavy atom. The monoisotopic (exact) mass is 211 g/mol. The van der Waals surface area contributed by atoms with Gasteiger partial charge in [0.2, 0.25) is 11.9 Å². The van der Waals surface area contributed by atoms with Crippen LogP contribution in [0.5, 0.6) is 5.75 Å². The highest BCUT2D eigenvalue weighted by Crippen LogP contribution is 2.31. The topological polar surface area (TPSA) is 68.5 Å². The lowest BCUT2D eigenvalue weighted by Crippen LogP contribution is -2.43. The number of carbonyl (C=O) groups is 1. The van der Waals surface area contributed by atoms with Gasteiger partial charge in [-0.3, -0.25) is 4.79 Å². The van der Waals surface area contributed by atoms with Crippen LogP contribution in [0, 0.1) is 5.95 Å². The van der Waals surface area contributed by atoms with Crippen LogP contribution < -0.4 is 15.4 Å².